The number of fused-ring (bicyclic) bond motifs is 1. The van der Waals surface area contributed by atoms with E-state index in [9.17, 15) is 9.59 Å². The minimum Gasteiger partial charge on any atom is -0.377 e. The van der Waals surface area contributed by atoms with Crippen LogP contribution in [0.1, 0.15) is 31.4 Å². The third-order valence-electron chi connectivity index (χ3n) is 4.63. The lowest BCUT2D eigenvalue weighted by atomic mass is 10.0. The predicted octanol–water partition coefficient (Wildman–Crippen LogP) is 2.41. The topological polar surface area (TPSA) is 62.4 Å². The van der Waals surface area contributed by atoms with E-state index in [-0.39, 0.29) is 17.0 Å². The van der Waals surface area contributed by atoms with E-state index < -0.39 is 0 Å². The molecule has 0 atom stereocenters. The molecule has 5 heteroatoms. The number of aromatic nitrogens is 1. The molecule has 128 valence electrons. The third-order valence-corrected chi connectivity index (χ3v) is 4.63. The summed E-state index contributed by atoms with van der Waals surface area (Å²) in [6, 6.07) is 7.87. The van der Waals surface area contributed by atoms with Crippen LogP contribution in [-0.4, -0.2) is 41.1 Å². The SMILES string of the molecule is Cc1ccc2cc(CCC(=O)N3CCOCC3(C)C)c(=O)[nH]c2c1. The molecule has 0 aliphatic carbocycles. The first-order valence-electron chi connectivity index (χ1n) is 8.38. The van der Waals surface area contributed by atoms with E-state index in [1.807, 2.05) is 49.9 Å². The summed E-state index contributed by atoms with van der Waals surface area (Å²) in [5, 5.41) is 0.995. The molecule has 0 radical (unpaired) electrons. The molecule has 1 saturated heterocycles. The number of amides is 1. The highest BCUT2D eigenvalue weighted by molar-refractivity contribution is 5.80. The maximum absolute atomic E-state index is 12.6. The summed E-state index contributed by atoms with van der Waals surface area (Å²) in [7, 11) is 0. The molecule has 1 aliphatic rings. The lowest BCUT2D eigenvalue weighted by molar-refractivity contribution is -0.146. The van der Waals surface area contributed by atoms with Crippen LogP contribution >= 0.6 is 0 Å². The maximum atomic E-state index is 12.6. The van der Waals surface area contributed by atoms with Crippen molar-refractivity contribution in [1.29, 1.82) is 0 Å². The van der Waals surface area contributed by atoms with Gasteiger partial charge in [-0.25, -0.2) is 0 Å². The summed E-state index contributed by atoms with van der Waals surface area (Å²) in [5.41, 5.74) is 2.20. The Kier molecular flexibility index (Phi) is 4.45. The first kappa shape index (κ1) is 16.7. The number of benzene rings is 1. The fourth-order valence-corrected chi connectivity index (χ4v) is 3.24. The summed E-state index contributed by atoms with van der Waals surface area (Å²) >= 11 is 0. The average Bonchev–Trinajstić information content (AvgIpc) is 2.52. The normalized spacial score (nSPS) is 17.2. The largest absolute Gasteiger partial charge is 0.377 e. The van der Waals surface area contributed by atoms with E-state index >= 15 is 0 Å². The van der Waals surface area contributed by atoms with Crippen LogP contribution in [0.5, 0.6) is 0 Å². The van der Waals surface area contributed by atoms with Crippen LogP contribution in [0.3, 0.4) is 0 Å². The molecule has 1 aliphatic heterocycles. The van der Waals surface area contributed by atoms with Gasteiger partial charge < -0.3 is 14.6 Å². The predicted molar refractivity (Wildman–Crippen MR) is 94.2 cm³/mol. The van der Waals surface area contributed by atoms with E-state index in [0.717, 1.165) is 16.5 Å². The number of hydrogen-bond acceptors (Lipinski definition) is 3. The number of nitrogens with one attached hydrogen (secondary N) is 1. The van der Waals surface area contributed by atoms with E-state index in [1.54, 1.807) is 0 Å². The van der Waals surface area contributed by atoms with Crippen LogP contribution in [0.4, 0.5) is 0 Å². The zero-order valence-corrected chi connectivity index (χ0v) is 14.5. The maximum Gasteiger partial charge on any atom is 0.251 e. The Morgan fingerprint density at radius 1 is 1.33 bits per heavy atom. The number of morpholine rings is 1. The molecule has 2 heterocycles. The molecular formula is C19H24N2O3. The van der Waals surface area contributed by atoms with Gasteiger partial charge in [0.2, 0.25) is 5.91 Å². The highest BCUT2D eigenvalue weighted by Crippen LogP contribution is 2.20. The molecule has 24 heavy (non-hydrogen) atoms. The lowest BCUT2D eigenvalue weighted by Gasteiger charge is -2.42. The molecule has 5 nitrogen and oxygen atoms in total. The van der Waals surface area contributed by atoms with Gasteiger partial charge in [-0.05, 0) is 50.3 Å². The van der Waals surface area contributed by atoms with Crippen LogP contribution in [0.25, 0.3) is 10.9 Å². The van der Waals surface area contributed by atoms with Crippen LogP contribution in [0.15, 0.2) is 29.1 Å². The first-order chi connectivity index (χ1) is 11.4. The van der Waals surface area contributed by atoms with Crippen LogP contribution in [0, 0.1) is 6.92 Å². The van der Waals surface area contributed by atoms with Gasteiger partial charge in [0.1, 0.15) is 0 Å². The monoisotopic (exact) mass is 328 g/mol. The zero-order chi connectivity index (χ0) is 17.3. The van der Waals surface area contributed by atoms with Crippen molar-refractivity contribution in [3.05, 3.63) is 45.7 Å². The van der Waals surface area contributed by atoms with E-state index in [1.165, 1.54) is 0 Å². The van der Waals surface area contributed by atoms with Gasteiger partial charge in [-0.2, -0.15) is 0 Å². The molecule has 1 aromatic carbocycles. The number of ether oxygens (including phenoxy) is 1. The van der Waals surface area contributed by atoms with Gasteiger partial charge in [0.25, 0.3) is 5.56 Å². The van der Waals surface area contributed by atoms with Crippen molar-refractivity contribution >= 4 is 16.8 Å². The summed E-state index contributed by atoms with van der Waals surface area (Å²) < 4.78 is 5.46. The summed E-state index contributed by atoms with van der Waals surface area (Å²) in [6.45, 7) is 7.75. The number of aromatic amines is 1. The molecule has 1 amide bonds. The van der Waals surface area contributed by atoms with E-state index in [4.69, 9.17) is 4.74 Å². The molecule has 0 unspecified atom stereocenters. The minimum atomic E-state index is -0.289. The van der Waals surface area contributed by atoms with Gasteiger partial charge in [0, 0.05) is 24.0 Å². The van der Waals surface area contributed by atoms with Gasteiger partial charge in [0.05, 0.1) is 18.8 Å². The molecule has 0 bridgehead atoms. The fraction of sp³-hybridized carbons (Fsp3) is 0.474. The molecular weight excluding hydrogens is 304 g/mol. The summed E-state index contributed by atoms with van der Waals surface area (Å²) in [5.74, 6) is 0.0757. The highest BCUT2D eigenvalue weighted by Gasteiger charge is 2.33. The standard InChI is InChI=1S/C19H24N2O3/c1-13-4-5-14-11-15(18(23)20-16(14)10-13)6-7-17(22)21-8-9-24-12-19(21,2)3/h4-5,10-11H,6-9,12H2,1-3H3,(H,20,23). The Balaban J connectivity index is 1.75. The minimum absolute atomic E-state index is 0.0757. The quantitative estimate of drug-likeness (QED) is 0.941. The van der Waals surface area contributed by atoms with Gasteiger partial charge in [-0.3, -0.25) is 9.59 Å². The van der Waals surface area contributed by atoms with Gasteiger partial charge in [-0.1, -0.05) is 12.1 Å². The summed E-state index contributed by atoms with van der Waals surface area (Å²) in [6.07, 6.45) is 0.787. The molecule has 2 aromatic rings. The number of aryl methyl sites for hydroxylation is 2. The third kappa shape index (κ3) is 3.36. The highest BCUT2D eigenvalue weighted by atomic mass is 16.5. The van der Waals surface area contributed by atoms with Crippen LogP contribution in [0.2, 0.25) is 0 Å². The number of carbonyl (C=O) groups excluding carboxylic acids is 1. The molecule has 0 saturated carbocycles. The van der Waals surface area contributed by atoms with Crippen LogP contribution in [-0.2, 0) is 16.0 Å². The smallest absolute Gasteiger partial charge is 0.251 e. The average molecular weight is 328 g/mol. The van der Waals surface area contributed by atoms with Gasteiger partial charge in [0.15, 0.2) is 0 Å². The number of nitrogens with zero attached hydrogens (tertiary/aromatic N) is 1. The van der Waals surface area contributed by atoms with E-state index in [2.05, 4.69) is 4.98 Å². The Bertz CT molecular complexity index is 823. The van der Waals surface area contributed by atoms with Gasteiger partial charge >= 0.3 is 0 Å². The number of H-pyrrole nitrogens is 1. The Labute approximate surface area is 141 Å². The fourth-order valence-electron chi connectivity index (χ4n) is 3.24. The lowest BCUT2D eigenvalue weighted by Crippen LogP contribution is -2.55. The molecule has 1 aromatic heterocycles. The first-order valence-corrected chi connectivity index (χ1v) is 8.38. The van der Waals surface area contributed by atoms with Crippen molar-refractivity contribution in [3.63, 3.8) is 0 Å². The number of hydrogen-bond donors (Lipinski definition) is 1. The molecule has 3 rings (SSSR count). The van der Waals surface area contributed by atoms with Crippen molar-refractivity contribution in [3.8, 4) is 0 Å². The Morgan fingerprint density at radius 3 is 2.88 bits per heavy atom. The Morgan fingerprint density at radius 2 is 2.12 bits per heavy atom. The second-order valence-corrected chi connectivity index (χ2v) is 7.12. The number of carbonyl (C=O) groups is 1. The van der Waals surface area contributed by atoms with Crippen molar-refractivity contribution < 1.29 is 9.53 Å². The van der Waals surface area contributed by atoms with Crippen molar-refractivity contribution in [2.75, 3.05) is 19.8 Å². The molecule has 1 N–H and O–H groups in total. The second-order valence-electron chi connectivity index (χ2n) is 7.12. The van der Waals surface area contributed by atoms with Crippen LogP contribution < -0.4 is 5.56 Å². The second kappa shape index (κ2) is 6.40. The van der Waals surface area contributed by atoms with Crippen molar-refractivity contribution in [1.82, 2.24) is 9.88 Å². The van der Waals surface area contributed by atoms with Crippen molar-refractivity contribution in [2.24, 2.45) is 0 Å². The number of pyridine rings is 1. The van der Waals surface area contributed by atoms with Crippen molar-refractivity contribution in [2.45, 2.75) is 39.2 Å². The molecule has 0 spiro atoms. The Hall–Kier alpha value is -2.14. The van der Waals surface area contributed by atoms with Gasteiger partial charge in [-0.15, -0.1) is 0 Å². The van der Waals surface area contributed by atoms with E-state index in [0.29, 0.717) is 38.2 Å². The zero-order valence-electron chi connectivity index (χ0n) is 14.5. The molecule has 1 fully saturated rings. The number of rotatable bonds is 3. The summed E-state index contributed by atoms with van der Waals surface area (Å²) in [4.78, 5) is 29.6.